The van der Waals surface area contributed by atoms with Crippen molar-refractivity contribution in [3.8, 4) is 0 Å². The summed E-state index contributed by atoms with van der Waals surface area (Å²) >= 11 is 0. The van der Waals surface area contributed by atoms with Crippen LogP contribution in [-0.4, -0.2) is 47.7 Å². The summed E-state index contributed by atoms with van der Waals surface area (Å²) in [5.74, 6) is -1.52. The molecule has 0 aromatic carbocycles. The summed E-state index contributed by atoms with van der Waals surface area (Å²) in [6.45, 7) is 4.06. The number of rotatable bonds is 4. The van der Waals surface area contributed by atoms with E-state index in [1.54, 1.807) is 0 Å². The highest BCUT2D eigenvalue weighted by Crippen LogP contribution is 2.48. The minimum atomic E-state index is -0.825. The molecule has 2 fully saturated rings. The first-order valence-corrected chi connectivity index (χ1v) is 7.93. The first-order valence-electron chi connectivity index (χ1n) is 7.93. The topological polar surface area (TPSA) is 66.8 Å². The minimum absolute atomic E-state index is 0.0363. The molecule has 21 heavy (non-hydrogen) atoms. The van der Waals surface area contributed by atoms with Gasteiger partial charge in [0.15, 0.2) is 0 Å². The fraction of sp³-hybridized carbons (Fsp3) is 0.750. The van der Waals surface area contributed by atoms with Crippen molar-refractivity contribution in [1.82, 2.24) is 4.90 Å². The number of ether oxygens (including phenoxy) is 1. The van der Waals surface area contributed by atoms with E-state index in [1.807, 2.05) is 24.0 Å². The molecule has 1 N–H and O–H groups in total. The van der Waals surface area contributed by atoms with E-state index < -0.39 is 11.9 Å². The minimum Gasteiger partial charge on any atom is -0.481 e. The van der Waals surface area contributed by atoms with Crippen LogP contribution in [0.1, 0.15) is 26.2 Å². The molecule has 0 spiro atoms. The quantitative estimate of drug-likeness (QED) is 0.798. The molecule has 4 atom stereocenters. The number of aliphatic carboxylic acids is 1. The maximum Gasteiger partial charge on any atom is 0.307 e. The van der Waals surface area contributed by atoms with Crippen molar-refractivity contribution in [2.24, 2.45) is 23.7 Å². The number of hydrogen-bond donors (Lipinski definition) is 1. The van der Waals surface area contributed by atoms with E-state index in [-0.39, 0.29) is 29.8 Å². The zero-order valence-electron chi connectivity index (χ0n) is 12.4. The first-order chi connectivity index (χ1) is 10.1. The maximum absolute atomic E-state index is 12.8. The molecular formula is C16H23NO4. The van der Waals surface area contributed by atoms with Crippen LogP contribution in [0.25, 0.3) is 0 Å². The van der Waals surface area contributed by atoms with Crippen LogP contribution >= 0.6 is 0 Å². The summed E-state index contributed by atoms with van der Waals surface area (Å²) in [5, 5.41) is 9.44. The van der Waals surface area contributed by atoms with E-state index in [4.69, 9.17) is 4.74 Å². The fourth-order valence-corrected chi connectivity index (χ4v) is 4.18. The number of carbonyl (C=O) groups is 2. The molecule has 0 aromatic rings. The monoisotopic (exact) mass is 293 g/mol. The highest BCUT2D eigenvalue weighted by atomic mass is 16.5. The summed E-state index contributed by atoms with van der Waals surface area (Å²) in [4.78, 5) is 26.1. The third kappa shape index (κ3) is 2.59. The summed E-state index contributed by atoms with van der Waals surface area (Å²) < 4.78 is 5.60. The Morgan fingerprint density at radius 2 is 1.81 bits per heavy atom. The summed E-state index contributed by atoms with van der Waals surface area (Å²) in [6.07, 6.45) is 6.80. The molecule has 3 rings (SSSR count). The van der Waals surface area contributed by atoms with Gasteiger partial charge in [0.1, 0.15) is 0 Å². The molecule has 116 valence electrons. The van der Waals surface area contributed by atoms with Crippen LogP contribution in [0.15, 0.2) is 12.2 Å². The number of piperidine rings is 1. The van der Waals surface area contributed by atoms with Gasteiger partial charge in [-0.05, 0) is 38.0 Å². The molecule has 5 heteroatoms. The van der Waals surface area contributed by atoms with Gasteiger partial charge >= 0.3 is 5.97 Å². The Labute approximate surface area is 124 Å². The normalized spacial score (nSPS) is 35.4. The zero-order chi connectivity index (χ0) is 15.0. The van der Waals surface area contributed by atoms with Gasteiger partial charge in [0, 0.05) is 19.7 Å². The highest BCUT2D eigenvalue weighted by Gasteiger charge is 2.52. The van der Waals surface area contributed by atoms with Gasteiger partial charge in [-0.3, -0.25) is 9.59 Å². The molecule has 2 unspecified atom stereocenters. The second kappa shape index (κ2) is 5.79. The fourth-order valence-electron chi connectivity index (χ4n) is 4.18. The Kier molecular flexibility index (Phi) is 4.02. The molecular weight excluding hydrogens is 270 g/mol. The van der Waals surface area contributed by atoms with Crippen LogP contribution in [0.3, 0.4) is 0 Å². The number of carbonyl (C=O) groups excluding carboxylic acids is 1. The van der Waals surface area contributed by atoms with E-state index in [9.17, 15) is 14.7 Å². The Morgan fingerprint density at radius 3 is 2.38 bits per heavy atom. The van der Waals surface area contributed by atoms with Crippen molar-refractivity contribution in [3.05, 3.63) is 12.2 Å². The van der Waals surface area contributed by atoms with Crippen LogP contribution < -0.4 is 0 Å². The lowest BCUT2D eigenvalue weighted by Gasteiger charge is -2.35. The Hall–Kier alpha value is -1.36. The van der Waals surface area contributed by atoms with Gasteiger partial charge in [-0.2, -0.15) is 0 Å². The molecule has 0 radical (unpaired) electrons. The van der Waals surface area contributed by atoms with Crippen LogP contribution in [0.4, 0.5) is 0 Å². The van der Waals surface area contributed by atoms with E-state index in [0.29, 0.717) is 19.7 Å². The number of carboxylic acids is 1. The number of nitrogens with zero attached hydrogens (tertiary/aromatic N) is 1. The van der Waals surface area contributed by atoms with Crippen molar-refractivity contribution in [3.63, 3.8) is 0 Å². The molecule has 5 nitrogen and oxygen atoms in total. The Bertz CT molecular complexity index is 453. The average Bonchev–Trinajstić information content (AvgIpc) is 3.08. The molecule has 0 aromatic heterocycles. The van der Waals surface area contributed by atoms with Crippen molar-refractivity contribution in [2.75, 3.05) is 19.7 Å². The summed E-state index contributed by atoms with van der Waals surface area (Å²) in [6, 6.07) is 0. The third-order valence-corrected chi connectivity index (χ3v) is 5.19. The van der Waals surface area contributed by atoms with E-state index in [1.165, 1.54) is 0 Å². The van der Waals surface area contributed by atoms with Gasteiger partial charge in [-0.15, -0.1) is 0 Å². The second-order valence-electron chi connectivity index (χ2n) is 6.32. The molecule has 1 heterocycles. The third-order valence-electron chi connectivity index (χ3n) is 5.19. The molecule has 1 aliphatic heterocycles. The van der Waals surface area contributed by atoms with Crippen LogP contribution in [-0.2, 0) is 14.3 Å². The second-order valence-corrected chi connectivity index (χ2v) is 6.32. The van der Waals surface area contributed by atoms with Gasteiger partial charge < -0.3 is 14.7 Å². The Balaban J connectivity index is 1.66. The van der Waals surface area contributed by atoms with E-state index in [2.05, 4.69) is 0 Å². The van der Waals surface area contributed by atoms with Crippen molar-refractivity contribution in [2.45, 2.75) is 32.3 Å². The van der Waals surface area contributed by atoms with Crippen LogP contribution in [0.2, 0.25) is 0 Å². The number of allylic oxidation sites excluding steroid dienone is 2. The van der Waals surface area contributed by atoms with E-state index >= 15 is 0 Å². The van der Waals surface area contributed by atoms with Gasteiger partial charge in [0.05, 0.1) is 17.9 Å². The molecule has 1 amide bonds. The lowest BCUT2D eigenvalue weighted by molar-refractivity contribution is -0.152. The molecule has 1 saturated carbocycles. The summed E-state index contributed by atoms with van der Waals surface area (Å²) in [5.41, 5.74) is 0. The average molecular weight is 293 g/mol. The molecule has 2 aliphatic carbocycles. The van der Waals surface area contributed by atoms with Crippen LogP contribution in [0, 0.1) is 23.7 Å². The van der Waals surface area contributed by atoms with Gasteiger partial charge in [0.2, 0.25) is 5.91 Å². The van der Waals surface area contributed by atoms with Crippen molar-refractivity contribution >= 4 is 11.9 Å². The predicted octanol–water partition coefficient (Wildman–Crippen LogP) is 1.54. The molecule has 1 saturated heterocycles. The standard InChI is InChI=1S/C16H23NO4/c1-2-21-12-5-7-17(8-6-12)15(18)13-10-3-4-11(9-10)14(13)16(19)20/h3-4,10-14H,2,5-9H2,1H3,(H,19,20)/t10?,11?,13-,14+/m0/s1. The number of fused-ring (bicyclic) bond motifs is 2. The SMILES string of the molecule is CCOC1CCN(C(=O)[C@H]2C3C=CC(C3)[C@H]2C(=O)O)CC1. The summed E-state index contributed by atoms with van der Waals surface area (Å²) in [7, 11) is 0. The van der Waals surface area contributed by atoms with Gasteiger partial charge in [-0.1, -0.05) is 12.2 Å². The van der Waals surface area contributed by atoms with Crippen molar-refractivity contribution in [1.29, 1.82) is 0 Å². The number of likely N-dealkylation sites (tertiary alicyclic amines) is 1. The smallest absolute Gasteiger partial charge is 0.307 e. The predicted molar refractivity (Wildman–Crippen MR) is 76.6 cm³/mol. The zero-order valence-corrected chi connectivity index (χ0v) is 12.4. The number of carboxylic acid groups (broad SMARTS) is 1. The largest absolute Gasteiger partial charge is 0.481 e. The number of amides is 1. The highest BCUT2D eigenvalue weighted by molar-refractivity contribution is 5.87. The van der Waals surface area contributed by atoms with Gasteiger partial charge in [-0.25, -0.2) is 0 Å². The Morgan fingerprint density at radius 1 is 1.19 bits per heavy atom. The maximum atomic E-state index is 12.8. The lowest BCUT2D eigenvalue weighted by atomic mass is 9.82. The van der Waals surface area contributed by atoms with Crippen molar-refractivity contribution < 1.29 is 19.4 Å². The number of hydrogen-bond acceptors (Lipinski definition) is 3. The van der Waals surface area contributed by atoms with Gasteiger partial charge in [0.25, 0.3) is 0 Å². The lowest BCUT2D eigenvalue weighted by Crippen LogP contribution is -2.47. The van der Waals surface area contributed by atoms with E-state index in [0.717, 1.165) is 19.3 Å². The first kappa shape index (κ1) is 14.6. The molecule has 3 aliphatic rings. The van der Waals surface area contributed by atoms with Crippen LogP contribution in [0.5, 0.6) is 0 Å². The molecule has 2 bridgehead atoms.